The molecular weight excluding hydrogens is 363 g/mol. The summed E-state index contributed by atoms with van der Waals surface area (Å²) in [5.41, 5.74) is 3.86. The van der Waals surface area contributed by atoms with Gasteiger partial charge in [0.2, 0.25) is 10.0 Å². The van der Waals surface area contributed by atoms with Gasteiger partial charge in [0.25, 0.3) is 0 Å². The van der Waals surface area contributed by atoms with E-state index in [4.69, 9.17) is 0 Å². The third-order valence-electron chi connectivity index (χ3n) is 5.66. The van der Waals surface area contributed by atoms with E-state index in [9.17, 15) is 12.8 Å². The molecule has 1 aromatic heterocycles. The summed E-state index contributed by atoms with van der Waals surface area (Å²) < 4.78 is 42.8. The van der Waals surface area contributed by atoms with Gasteiger partial charge in [-0.2, -0.15) is 4.31 Å². The maximum Gasteiger partial charge on any atom is 0.243 e. The van der Waals surface area contributed by atoms with Crippen molar-refractivity contribution in [1.82, 2.24) is 8.87 Å². The molecule has 0 aliphatic carbocycles. The van der Waals surface area contributed by atoms with Gasteiger partial charge < -0.3 is 4.57 Å². The molecule has 1 atom stereocenters. The van der Waals surface area contributed by atoms with Crippen LogP contribution < -0.4 is 0 Å². The van der Waals surface area contributed by atoms with Crippen LogP contribution in [0.2, 0.25) is 0 Å². The van der Waals surface area contributed by atoms with E-state index in [1.807, 2.05) is 6.07 Å². The van der Waals surface area contributed by atoms with Gasteiger partial charge >= 0.3 is 0 Å². The highest BCUT2D eigenvalue weighted by molar-refractivity contribution is 7.89. The van der Waals surface area contributed by atoms with Crippen molar-refractivity contribution < 1.29 is 12.8 Å². The van der Waals surface area contributed by atoms with E-state index < -0.39 is 15.8 Å². The first-order valence-corrected chi connectivity index (χ1v) is 10.7. The molecule has 0 N–H and O–H groups in total. The SMILES string of the molecule is CCc1c2n(c3ccccc13)C[C@H](N(C)S(=O)(=O)c1ccc(F)cc1)CC2. The van der Waals surface area contributed by atoms with E-state index in [0.717, 1.165) is 19.3 Å². The first kappa shape index (κ1) is 18.2. The van der Waals surface area contributed by atoms with Crippen molar-refractivity contribution in [2.45, 2.75) is 43.7 Å². The molecule has 142 valence electrons. The summed E-state index contributed by atoms with van der Waals surface area (Å²) >= 11 is 0. The first-order valence-electron chi connectivity index (χ1n) is 9.26. The number of aryl methyl sites for hydroxylation is 1. The Kier molecular flexibility index (Phi) is 4.56. The number of likely N-dealkylation sites (N-methyl/N-ethyl adjacent to an activating group) is 1. The Morgan fingerprint density at radius 3 is 2.56 bits per heavy atom. The monoisotopic (exact) mass is 386 g/mol. The summed E-state index contributed by atoms with van der Waals surface area (Å²) in [5.74, 6) is -0.440. The van der Waals surface area contributed by atoms with Crippen molar-refractivity contribution in [3.63, 3.8) is 0 Å². The second-order valence-electron chi connectivity index (χ2n) is 7.07. The summed E-state index contributed by atoms with van der Waals surface area (Å²) in [6, 6.07) is 13.2. The van der Waals surface area contributed by atoms with Crippen LogP contribution in [0.15, 0.2) is 53.4 Å². The van der Waals surface area contributed by atoms with E-state index in [1.54, 1.807) is 7.05 Å². The predicted molar refractivity (Wildman–Crippen MR) is 105 cm³/mol. The Bertz CT molecular complexity index is 1090. The Labute approximate surface area is 159 Å². The molecular formula is C21H23FN2O2S. The fraction of sp³-hybridized carbons (Fsp3) is 0.333. The highest BCUT2D eigenvalue weighted by atomic mass is 32.2. The van der Waals surface area contributed by atoms with Crippen molar-refractivity contribution in [3.05, 3.63) is 65.6 Å². The number of rotatable bonds is 4. The number of nitrogens with zero attached hydrogens (tertiary/aromatic N) is 2. The van der Waals surface area contributed by atoms with Gasteiger partial charge in [-0.1, -0.05) is 25.1 Å². The number of aromatic nitrogens is 1. The minimum absolute atomic E-state index is 0.129. The molecule has 0 saturated carbocycles. The van der Waals surface area contributed by atoms with Crippen LogP contribution in [-0.2, 0) is 29.4 Å². The lowest BCUT2D eigenvalue weighted by molar-refractivity contribution is 0.293. The van der Waals surface area contributed by atoms with Gasteiger partial charge in [0.05, 0.1) is 4.90 Å². The quantitative estimate of drug-likeness (QED) is 0.681. The molecule has 2 aromatic carbocycles. The molecule has 4 rings (SSSR count). The maximum absolute atomic E-state index is 13.2. The topological polar surface area (TPSA) is 42.3 Å². The van der Waals surface area contributed by atoms with Gasteiger partial charge in [0, 0.05) is 36.2 Å². The largest absolute Gasteiger partial charge is 0.343 e. The lowest BCUT2D eigenvalue weighted by Gasteiger charge is -2.32. The van der Waals surface area contributed by atoms with Crippen LogP contribution in [-0.4, -0.2) is 30.4 Å². The number of halogens is 1. The van der Waals surface area contributed by atoms with E-state index in [2.05, 4.69) is 29.7 Å². The van der Waals surface area contributed by atoms with Crippen LogP contribution in [0.4, 0.5) is 4.39 Å². The number of fused-ring (bicyclic) bond motifs is 3. The normalized spacial score (nSPS) is 17.4. The second-order valence-corrected chi connectivity index (χ2v) is 9.07. The van der Waals surface area contributed by atoms with E-state index in [-0.39, 0.29) is 10.9 Å². The van der Waals surface area contributed by atoms with Gasteiger partial charge in [-0.05, 0) is 55.2 Å². The minimum Gasteiger partial charge on any atom is -0.343 e. The number of hydrogen-bond donors (Lipinski definition) is 0. The van der Waals surface area contributed by atoms with Gasteiger partial charge in [-0.3, -0.25) is 0 Å². The summed E-state index contributed by atoms with van der Waals surface area (Å²) in [6.45, 7) is 2.80. The average Bonchev–Trinajstić information content (AvgIpc) is 3.00. The Morgan fingerprint density at radius 1 is 1.15 bits per heavy atom. The second kappa shape index (κ2) is 6.77. The smallest absolute Gasteiger partial charge is 0.243 e. The molecule has 0 unspecified atom stereocenters. The van der Waals surface area contributed by atoms with Crippen LogP contribution in [0.5, 0.6) is 0 Å². The van der Waals surface area contributed by atoms with Crippen molar-refractivity contribution in [1.29, 1.82) is 0 Å². The van der Waals surface area contributed by atoms with E-state index in [0.29, 0.717) is 6.54 Å². The molecule has 0 bridgehead atoms. The lowest BCUT2D eigenvalue weighted by atomic mass is 10.0. The fourth-order valence-corrected chi connectivity index (χ4v) is 5.57. The zero-order chi connectivity index (χ0) is 19.2. The summed E-state index contributed by atoms with van der Waals surface area (Å²) in [6.07, 6.45) is 2.60. The molecule has 0 fully saturated rings. The number of sulfonamides is 1. The van der Waals surface area contributed by atoms with Crippen LogP contribution >= 0.6 is 0 Å². The molecule has 2 heterocycles. The Balaban J connectivity index is 1.69. The van der Waals surface area contributed by atoms with Gasteiger partial charge in [-0.25, -0.2) is 12.8 Å². The summed E-state index contributed by atoms with van der Waals surface area (Å²) in [5, 5.41) is 1.26. The van der Waals surface area contributed by atoms with Gasteiger partial charge in [0.1, 0.15) is 5.82 Å². The minimum atomic E-state index is -3.66. The van der Waals surface area contributed by atoms with Crippen molar-refractivity contribution in [3.8, 4) is 0 Å². The standard InChI is InChI=1S/C21H23FN2O2S/c1-3-18-19-6-4-5-7-20(19)24-14-16(10-13-21(18)24)23(2)27(25,26)17-11-8-15(22)9-12-17/h4-9,11-12,16H,3,10,13-14H2,1-2H3/t16-/m1/s1. The van der Waals surface area contributed by atoms with Crippen molar-refractivity contribution >= 4 is 20.9 Å². The molecule has 4 nitrogen and oxygen atoms in total. The molecule has 0 amide bonds. The average molecular weight is 386 g/mol. The van der Waals surface area contributed by atoms with E-state index >= 15 is 0 Å². The van der Waals surface area contributed by atoms with Crippen molar-refractivity contribution in [2.24, 2.45) is 0 Å². The lowest BCUT2D eigenvalue weighted by Crippen LogP contribution is -2.42. The molecule has 3 aromatic rings. The zero-order valence-electron chi connectivity index (χ0n) is 15.5. The van der Waals surface area contributed by atoms with E-state index in [1.165, 1.54) is 50.7 Å². The Hall–Kier alpha value is -2.18. The Morgan fingerprint density at radius 2 is 1.85 bits per heavy atom. The van der Waals surface area contributed by atoms with Crippen LogP contribution in [0, 0.1) is 5.82 Å². The summed E-state index contributed by atoms with van der Waals surface area (Å²) in [4.78, 5) is 0.129. The third-order valence-corrected chi connectivity index (χ3v) is 7.58. The van der Waals surface area contributed by atoms with Crippen LogP contribution in [0.3, 0.4) is 0 Å². The molecule has 0 radical (unpaired) electrons. The third kappa shape index (κ3) is 2.97. The van der Waals surface area contributed by atoms with Crippen molar-refractivity contribution in [2.75, 3.05) is 7.05 Å². The number of hydrogen-bond acceptors (Lipinski definition) is 2. The van der Waals surface area contributed by atoms with Gasteiger partial charge in [-0.15, -0.1) is 0 Å². The fourth-order valence-electron chi connectivity index (χ4n) is 4.19. The molecule has 6 heteroatoms. The molecule has 1 aliphatic heterocycles. The summed E-state index contributed by atoms with van der Waals surface area (Å²) in [7, 11) is -2.03. The predicted octanol–water partition coefficient (Wildman–Crippen LogP) is 3.98. The highest BCUT2D eigenvalue weighted by Crippen LogP contribution is 2.33. The van der Waals surface area contributed by atoms with Crippen LogP contribution in [0.1, 0.15) is 24.6 Å². The molecule has 1 aliphatic rings. The van der Waals surface area contributed by atoms with Crippen LogP contribution in [0.25, 0.3) is 10.9 Å². The molecule has 0 saturated heterocycles. The number of para-hydroxylation sites is 1. The number of benzene rings is 2. The van der Waals surface area contributed by atoms with Gasteiger partial charge in [0.15, 0.2) is 0 Å². The molecule has 0 spiro atoms. The molecule has 27 heavy (non-hydrogen) atoms. The first-order chi connectivity index (χ1) is 12.9. The maximum atomic E-state index is 13.2. The zero-order valence-corrected chi connectivity index (χ0v) is 16.3. The highest BCUT2D eigenvalue weighted by Gasteiger charge is 2.32.